The van der Waals surface area contributed by atoms with E-state index < -0.39 is 5.91 Å². The number of carbonyl (C=O) groups is 1. The van der Waals surface area contributed by atoms with Gasteiger partial charge in [0.2, 0.25) is 0 Å². The fourth-order valence-corrected chi connectivity index (χ4v) is 1.72. The number of hydrogen-bond donors (Lipinski definition) is 2. The van der Waals surface area contributed by atoms with Crippen LogP contribution in [0.4, 0.5) is 0 Å². The molecule has 2 aromatic heterocycles. The largest absolute Gasteiger partial charge is 0.394 e. The topological polar surface area (TPSA) is 94.0 Å². The second-order valence-corrected chi connectivity index (χ2v) is 3.96. The number of aliphatic hydroxyl groups excluding tert-OH is 1. The lowest BCUT2D eigenvalue weighted by atomic mass is 10.2. The van der Waals surface area contributed by atoms with Crippen molar-refractivity contribution in [1.29, 1.82) is 0 Å². The van der Waals surface area contributed by atoms with Crippen molar-refractivity contribution in [3.63, 3.8) is 0 Å². The van der Waals surface area contributed by atoms with Crippen LogP contribution in [0, 0.1) is 0 Å². The highest BCUT2D eigenvalue weighted by Gasteiger charge is 2.14. The minimum Gasteiger partial charge on any atom is -0.394 e. The molecule has 18 heavy (non-hydrogen) atoms. The maximum Gasteiger partial charge on any atom is 0.266 e. The molecule has 0 fully saturated rings. The Morgan fingerprint density at radius 2 is 2.22 bits per heavy atom. The van der Waals surface area contributed by atoms with Crippen LogP contribution in [0.15, 0.2) is 24.3 Å². The highest BCUT2D eigenvalue weighted by molar-refractivity contribution is 6.29. The van der Waals surface area contributed by atoms with Gasteiger partial charge in [-0.1, -0.05) is 17.7 Å². The lowest BCUT2D eigenvalue weighted by molar-refractivity contribution is 0.0988. The summed E-state index contributed by atoms with van der Waals surface area (Å²) in [6.07, 6.45) is 0. The summed E-state index contributed by atoms with van der Waals surface area (Å²) >= 11 is 5.79. The fourth-order valence-electron chi connectivity index (χ4n) is 1.56. The number of aromatic nitrogens is 3. The third-order valence-corrected chi connectivity index (χ3v) is 2.53. The molecule has 0 aliphatic heterocycles. The van der Waals surface area contributed by atoms with E-state index >= 15 is 0 Å². The summed E-state index contributed by atoms with van der Waals surface area (Å²) in [5.41, 5.74) is 6.49. The summed E-state index contributed by atoms with van der Waals surface area (Å²) in [5.74, 6) is -0.607. The molecule has 6 nitrogen and oxygen atoms in total. The summed E-state index contributed by atoms with van der Waals surface area (Å²) in [7, 11) is 0. The van der Waals surface area contributed by atoms with Crippen molar-refractivity contribution >= 4 is 17.5 Å². The van der Waals surface area contributed by atoms with Gasteiger partial charge in [0.25, 0.3) is 5.91 Å². The number of pyridine rings is 1. The Hall–Kier alpha value is -1.92. The highest BCUT2D eigenvalue weighted by atomic mass is 35.5. The number of nitrogens with two attached hydrogens (primary N) is 1. The lowest BCUT2D eigenvalue weighted by Gasteiger charge is -2.00. The van der Waals surface area contributed by atoms with Crippen LogP contribution in [0.2, 0.25) is 5.15 Å². The quantitative estimate of drug-likeness (QED) is 0.796. The number of primary amides is 1. The van der Waals surface area contributed by atoms with Gasteiger partial charge >= 0.3 is 0 Å². The molecular weight excluding hydrogens is 256 g/mol. The number of aliphatic hydroxyl groups is 1. The van der Waals surface area contributed by atoms with E-state index in [2.05, 4.69) is 10.1 Å². The Kier molecular flexibility index (Phi) is 3.59. The van der Waals surface area contributed by atoms with Crippen LogP contribution in [-0.4, -0.2) is 32.4 Å². The molecule has 0 atom stereocenters. The highest BCUT2D eigenvalue weighted by Crippen LogP contribution is 2.18. The van der Waals surface area contributed by atoms with Crippen molar-refractivity contribution < 1.29 is 9.90 Å². The molecule has 2 rings (SSSR count). The van der Waals surface area contributed by atoms with E-state index in [0.29, 0.717) is 16.5 Å². The second-order valence-electron chi connectivity index (χ2n) is 3.57. The van der Waals surface area contributed by atoms with Gasteiger partial charge in [-0.05, 0) is 18.2 Å². The molecule has 0 bridgehead atoms. The predicted octanol–water partition coefficient (Wildman–Crippen LogP) is 0.690. The molecule has 3 N–H and O–H groups in total. The van der Waals surface area contributed by atoms with Crippen molar-refractivity contribution in [3.8, 4) is 11.4 Å². The number of nitrogens with zero attached hydrogens (tertiary/aromatic N) is 3. The lowest BCUT2D eigenvalue weighted by Crippen LogP contribution is -2.18. The maximum absolute atomic E-state index is 11.2. The van der Waals surface area contributed by atoms with Gasteiger partial charge in [0.15, 0.2) is 0 Å². The standard InChI is InChI=1S/C11H11ClN4O2/c12-10-3-1-2-7(14-10)8-6-9(11(13)18)16(15-8)4-5-17/h1-3,6,17H,4-5H2,(H2,13,18). The molecule has 0 aromatic carbocycles. The first-order valence-corrected chi connectivity index (χ1v) is 5.61. The molecule has 0 aliphatic carbocycles. The normalized spacial score (nSPS) is 10.6. The van der Waals surface area contributed by atoms with E-state index in [1.54, 1.807) is 18.2 Å². The van der Waals surface area contributed by atoms with Gasteiger partial charge in [0, 0.05) is 0 Å². The van der Waals surface area contributed by atoms with Crippen molar-refractivity contribution in [3.05, 3.63) is 35.1 Å². The zero-order chi connectivity index (χ0) is 13.1. The SMILES string of the molecule is NC(=O)c1cc(-c2cccc(Cl)n2)nn1CCO. The Morgan fingerprint density at radius 1 is 1.44 bits per heavy atom. The van der Waals surface area contributed by atoms with Gasteiger partial charge in [-0.15, -0.1) is 0 Å². The van der Waals surface area contributed by atoms with Crippen molar-refractivity contribution in [1.82, 2.24) is 14.8 Å². The monoisotopic (exact) mass is 266 g/mol. The van der Waals surface area contributed by atoms with Crippen LogP contribution in [-0.2, 0) is 6.54 Å². The van der Waals surface area contributed by atoms with Crippen LogP contribution in [0.25, 0.3) is 11.4 Å². The molecule has 0 saturated carbocycles. The summed E-state index contributed by atoms with van der Waals surface area (Å²) in [5, 5.41) is 13.4. The summed E-state index contributed by atoms with van der Waals surface area (Å²) < 4.78 is 1.35. The van der Waals surface area contributed by atoms with E-state index in [-0.39, 0.29) is 18.8 Å². The molecule has 1 amide bonds. The maximum atomic E-state index is 11.2. The summed E-state index contributed by atoms with van der Waals surface area (Å²) in [6, 6.07) is 6.63. The molecule has 0 radical (unpaired) electrons. The molecule has 94 valence electrons. The van der Waals surface area contributed by atoms with Gasteiger partial charge in [-0.25, -0.2) is 4.98 Å². The number of carbonyl (C=O) groups excluding carboxylic acids is 1. The molecule has 2 heterocycles. The molecule has 0 saturated heterocycles. The number of hydrogen-bond acceptors (Lipinski definition) is 4. The van der Waals surface area contributed by atoms with Crippen molar-refractivity contribution in [2.24, 2.45) is 5.73 Å². The third-order valence-electron chi connectivity index (χ3n) is 2.32. The van der Waals surface area contributed by atoms with Gasteiger partial charge in [0.1, 0.15) is 16.5 Å². The van der Waals surface area contributed by atoms with Crippen molar-refractivity contribution in [2.45, 2.75) is 6.54 Å². The van der Waals surface area contributed by atoms with E-state index in [1.165, 1.54) is 10.7 Å². The van der Waals surface area contributed by atoms with Gasteiger partial charge in [-0.3, -0.25) is 9.48 Å². The van der Waals surface area contributed by atoms with Crippen LogP contribution in [0.1, 0.15) is 10.5 Å². The molecular formula is C11H11ClN4O2. The summed E-state index contributed by atoms with van der Waals surface area (Å²) in [4.78, 5) is 15.3. The minimum atomic E-state index is -0.607. The molecule has 0 unspecified atom stereocenters. The zero-order valence-electron chi connectivity index (χ0n) is 9.38. The van der Waals surface area contributed by atoms with E-state index in [0.717, 1.165) is 0 Å². The van der Waals surface area contributed by atoms with Crippen LogP contribution >= 0.6 is 11.6 Å². The Labute approximate surface area is 108 Å². The Morgan fingerprint density at radius 3 is 2.83 bits per heavy atom. The number of halogens is 1. The van der Waals surface area contributed by atoms with E-state index in [9.17, 15) is 4.79 Å². The molecule has 0 aliphatic rings. The van der Waals surface area contributed by atoms with Crippen molar-refractivity contribution in [2.75, 3.05) is 6.61 Å². The smallest absolute Gasteiger partial charge is 0.266 e. The number of rotatable bonds is 4. The van der Waals surface area contributed by atoms with E-state index in [1.807, 2.05) is 0 Å². The second kappa shape index (κ2) is 5.16. The van der Waals surface area contributed by atoms with Crippen LogP contribution in [0.5, 0.6) is 0 Å². The first-order valence-electron chi connectivity index (χ1n) is 5.23. The van der Waals surface area contributed by atoms with E-state index in [4.69, 9.17) is 22.4 Å². The number of amides is 1. The fraction of sp³-hybridized carbons (Fsp3) is 0.182. The Balaban J connectivity index is 2.46. The average Bonchev–Trinajstić information content (AvgIpc) is 2.74. The molecule has 2 aromatic rings. The van der Waals surface area contributed by atoms with Crippen LogP contribution < -0.4 is 5.73 Å². The third kappa shape index (κ3) is 2.49. The summed E-state index contributed by atoms with van der Waals surface area (Å²) in [6.45, 7) is 0.0587. The predicted molar refractivity (Wildman–Crippen MR) is 66.1 cm³/mol. The molecule has 0 spiro atoms. The average molecular weight is 267 g/mol. The Bertz CT molecular complexity index is 582. The van der Waals surface area contributed by atoms with Gasteiger partial charge in [-0.2, -0.15) is 5.10 Å². The first-order chi connectivity index (χ1) is 8.61. The molecule has 7 heteroatoms. The first kappa shape index (κ1) is 12.5. The van der Waals surface area contributed by atoms with Gasteiger partial charge < -0.3 is 10.8 Å². The van der Waals surface area contributed by atoms with Crippen LogP contribution in [0.3, 0.4) is 0 Å². The van der Waals surface area contributed by atoms with Gasteiger partial charge in [0.05, 0.1) is 18.8 Å². The zero-order valence-corrected chi connectivity index (χ0v) is 10.1. The minimum absolute atomic E-state index is 0.135.